The Kier molecular flexibility index (Phi) is 6.10. The van der Waals surface area contributed by atoms with Gasteiger partial charge in [0.25, 0.3) is 0 Å². The van der Waals surface area contributed by atoms with Crippen molar-refractivity contribution in [1.82, 2.24) is 9.96 Å². The molecule has 2 saturated heterocycles. The molecule has 1 aromatic rings. The molecular formula is C20H24F2N2O4. The maximum atomic E-state index is 14.0. The third kappa shape index (κ3) is 3.66. The van der Waals surface area contributed by atoms with Gasteiger partial charge < -0.3 is 4.74 Å². The van der Waals surface area contributed by atoms with Gasteiger partial charge in [0.2, 0.25) is 5.91 Å². The minimum absolute atomic E-state index is 0.0187. The zero-order chi connectivity index (χ0) is 20.3. The zero-order valence-electron chi connectivity index (χ0n) is 15.8. The van der Waals surface area contributed by atoms with Crippen LogP contribution in [0.3, 0.4) is 0 Å². The Bertz CT molecular complexity index is 742. The molecule has 8 heteroatoms. The number of likely N-dealkylation sites (tertiary alicyclic amines) is 1. The Labute approximate surface area is 162 Å². The molecule has 3 rings (SSSR count). The van der Waals surface area contributed by atoms with E-state index in [0.717, 1.165) is 0 Å². The molecule has 2 aliphatic rings. The highest BCUT2D eigenvalue weighted by molar-refractivity contribution is 5.88. The lowest BCUT2D eigenvalue weighted by Crippen LogP contribution is -2.57. The van der Waals surface area contributed by atoms with E-state index in [1.807, 2.05) is 4.90 Å². The molecule has 152 valence electrons. The van der Waals surface area contributed by atoms with Gasteiger partial charge in [-0.3, -0.25) is 19.3 Å². The van der Waals surface area contributed by atoms with Crippen molar-refractivity contribution in [2.24, 2.45) is 5.92 Å². The van der Waals surface area contributed by atoms with Crippen LogP contribution in [0.5, 0.6) is 0 Å². The van der Waals surface area contributed by atoms with Gasteiger partial charge in [-0.15, -0.1) is 6.58 Å². The minimum atomic E-state index is -0.822. The van der Waals surface area contributed by atoms with E-state index in [4.69, 9.17) is 9.57 Å². The van der Waals surface area contributed by atoms with Crippen molar-refractivity contribution in [3.8, 4) is 0 Å². The number of carbonyl (C=O) groups excluding carboxylic acids is 2. The Hall–Kier alpha value is -2.32. The summed E-state index contributed by atoms with van der Waals surface area (Å²) in [5, 5.41) is 1.30. The number of hydrogen-bond acceptors (Lipinski definition) is 5. The van der Waals surface area contributed by atoms with Crippen LogP contribution in [0.1, 0.15) is 24.8 Å². The molecular weight excluding hydrogens is 370 g/mol. The third-order valence-corrected chi connectivity index (χ3v) is 5.63. The topological polar surface area (TPSA) is 59.1 Å². The molecule has 0 aliphatic carbocycles. The van der Waals surface area contributed by atoms with Crippen LogP contribution in [0, 0.1) is 17.6 Å². The first-order valence-corrected chi connectivity index (χ1v) is 9.23. The molecule has 2 aliphatic heterocycles. The number of hydrogen-bond donors (Lipinski definition) is 0. The largest absolute Gasteiger partial charge is 0.469 e. The number of amides is 1. The molecule has 2 fully saturated rings. The summed E-state index contributed by atoms with van der Waals surface area (Å²) in [5.74, 6) is -2.53. The van der Waals surface area contributed by atoms with Gasteiger partial charge in [-0.25, -0.2) is 13.8 Å². The lowest BCUT2D eigenvalue weighted by atomic mass is 9.77. The molecule has 0 N–H and O–H groups in total. The van der Waals surface area contributed by atoms with Crippen molar-refractivity contribution in [3.63, 3.8) is 0 Å². The highest BCUT2D eigenvalue weighted by Crippen LogP contribution is 2.44. The predicted molar refractivity (Wildman–Crippen MR) is 96.7 cm³/mol. The van der Waals surface area contributed by atoms with Crippen molar-refractivity contribution in [2.45, 2.75) is 31.3 Å². The molecule has 0 aromatic heterocycles. The lowest BCUT2D eigenvalue weighted by Gasteiger charge is -2.45. The number of esters is 1. The number of nitrogens with zero attached hydrogens (tertiary/aromatic N) is 2. The number of carbonyl (C=O) groups is 2. The van der Waals surface area contributed by atoms with Crippen LogP contribution in [0.2, 0.25) is 0 Å². The summed E-state index contributed by atoms with van der Waals surface area (Å²) in [7, 11) is 1.30. The van der Waals surface area contributed by atoms with Gasteiger partial charge in [0.15, 0.2) is 0 Å². The Morgan fingerprint density at radius 1 is 1.32 bits per heavy atom. The first kappa shape index (κ1) is 20.4. The number of halogens is 2. The van der Waals surface area contributed by atoms with Crippen LogP contribution in [-0.2, 0) is 25.7 Å². The lowest BCUT2D eigenvalue weighted by molar-refractivity contribution is -0.218. The normalized spacial score (nSPS) is 21.9. The molecule has 28 heavy (non-hydrogen) atoms. The van der Waals surface area contributed by atoms with Crippen LogP contribution in [0.25, 0.3) is 0 Å². The number of piperidine rings is 1. The summed E-state index contributed by atoms with van der Waals surface area (Å²) in [4.78, 5) is 32.3. The molecule has 0 radical (unpaired) electrons. The predicted octanol–water partition coefficient (Wildman–Crippen LogP) is 2.44. The minimum Gasteiger partial charge on any atom is -0.469 e. The van der Waals surface area contributed by atoms with E-state index in [1.165, 1.54) is 36.4 Å². The monoisotopic (exact) mass is 394 g/mol. The molecule has 2 heterocycles. The van der Waals surface area contributed by atoms with Crippen LogP contribution < -0.4 is 0 Å². The molecule has 0 bridgehead atoms. The number of rotatable bonds is 6. The fourth-order valence-electron chi connectivity index (χ4n) is 4.17. The Morgan fingerprint density at radius 3 is 2.54 bits per heavy atom. The molecule has 1 spiro atoms. The second-order valence-corrected chi connectivity index (χ2v) is 7.13. The van der Waals surface area contributed by atoms with Gasteiger partial charge in [-0.05, 0) is 25.0 Å². The maximum Gasteiger partial charge on any atom is 0.311 e. The van der Waals surface area contributed by atoms with E-state index in [2.05, 4.69) is 6.58 Å². The maximum absolute atomic E-state index is 14.0. The molecule has 0 unspecified atom stereocenters. The molecule has 1 atom stereocenters. The number of hydroxylamine groups is 2. The Balaban J connectivity index is 1.78. The van der Waals surface area contributed by atoms with Crippen molar-refractivity contribution < 1.29 is 27.9 Å². The number of benzene rings is 1. The van der Waals surface area contributed by atoms with E-state index >= 15 is 0 Å². The number of methoxy groups -OCH3 is 1. The van der Waals surface area contributed by atoms with Crippen molar-refractivity contribution in [2.75, 3.05) is 26.8 Å². The summed E-state index contributed by atoms with van der Waals surface area (Å²) in [5.41, 5.74) is -0.803. The Morgan fingerprint density at radius 2 is 1.96 bits per heavy atom. The molecule has 1 aromatic carbocycles. The van der Waals surface area contributed by atoms with E-state index in [0.29, 0.717) is 25.9 Å². The van der Waals surface area contributed by atoms with Crippen LogP contribution in [0.4, 0.5) is 8.78 Å². The van der Waals surface area contributed by atoms with E-state index in [9.17, 15) is 18.4 Å². The smallest absolute Gasteiger partial charge is 0.311 e. The fraction of sp³-hybridized carbons (Fsp3) is 0.500. The van der Waals surface area contributed by atoms with Crippen LogP contribution in [-0.4, -0.2) is 54.2 Å². The van der Waals surface area contributed by atoms with Gasteiger partial charge in [0.1, 0.15) is 11.6 Å². The fourth-order valence-corrected chi connectivity index (χ4v) is 4.17. The summed E-state index contributed by atoms with van der Waals surface area (Å²) in [6.45, 7) is 4.78. The van der Waals surface area contributed by atoms with Gasteiger partial charge in [0.05, 0.1) is 25.2 Å². The summed E-state index contributed by atoms with van der Waals surface area (Å²) < 4.78 is 32.8. The van der Waals surface area contributed by atoms with Crippen molar-refractivity contribution in [3.05, 3.63) is 48.1 Å². The average molecular weight is 394 g/mol. The molecule has 0 saturated carbocycles. The quantitative estimate of drug-likeness (QED) is 0.548. The highest BCUT2D eigenvalue weighted by Gasteiger charge is 2.58. The van der Waals surface area contributed by atoms with Gasteiger partial charge in [-0.1, -0.05) is 12.1 Å². The number of ether oxygens (including phenoxy) is 1. The molecule has 1 amide bonds. The highest BCUT2D eigenvalue weighted by atomic mass is 19.1. The summed E-state index contributed by atoms with van der Waals surface area (Å²) >= 11 is 0. The van der Waals surface area contributed by atoms with Gasteiger partial charge >= 0.3 is 5.97 Å². The second-order valence-electron chi connectivity index (χ2n) is 7.13. The second kappa shape index (κ2) is 8.36. The standard InChI is InChI=1S/C20H24F2N2O4/c1-3-11-28-24-18(25)12-15(19(26)27-2)20(24)7-9-23(10-8-20)13-14-16(21)5-4-6-17(14)22/h3-6,15H,1,7-13H2,2H3/t15-/m1/s1. The SMILES string of the molecule is C=CCON1C(=O)C[C@H](C(=O)OC)C12CCN(Cc1c(F)cccc1F)CC2. The zero-order valence-corrected chi connectivity index (χ0v) is 15.8. The van der Waals surface area contributed by atoms with E-state index in [-0.39, 0.29) is 31.0 Å². The summed E-state index contributed by atoms with van der Waals surface area (Å²) in [6, 6.07) is 3.80. The van der Waals surface area contributed by atoms with Crippen LogP contribution >= 0.6 is 0 Å². The summed E-state index contributed by atoms with van der Waals surface area (Å²) in [6.07, 6.45) is 2.42. The third-order valence-electron chi connectivity index (χ3n) is 5.63. The first-order valence-electron chi connectivity index (χ1n) is 9.23. The van der Waals surface area contributed by atoms with Gasteiger partial charge in [0, 0.05) is 31.6 Å². The average Bonchev–Trinajstić information content (AvgIpc) is 2.95. The van der Waals surface area contributed by atoms with Crippen molar-refractivity contribution >= 4 is 11.9 Å². The van der Waals surface area contributed by atoms with E-state index < -0.39 is 29.1 Å². The molecule has 6 nitrogen and oxygen atoms in total. The van der Waals surface area contributed by atoms with Crippen molar-refractivity contribution in [1.29, 1.82) is 0 Å². The van der Waals surface area contributed by atoms with E-state index in [1.54, 1.807) is 0 Å². The first-order chi connectivity index (χ1) is 13.4. The van der Waals surface area contributed by atoms with Crippen LogP contribution in [0.15, 0.2) is 30.9 Å². The van der Waals surface area contributed by atoms with Gasteiger partial charge in [-0.2, -0.15) is 0 Å².